The zero-order valence-corrected chi connectivity index (χ0v) is 15.0. The van der Waals surface area contributed by atoms with Gasteiger partial charge in [0.2, 0.25) is 0 Å². The Morgan fingerprint density at radius 2 is 1.17 bits per heavy atom. The lowest BCUT2D eigenvalue weighted by atomic mass is 10.00. The van der Waals surface area contributed by atoms with E-state index in [9.17, 15) is 9.59 Å². The van der Waals surface area contributed by atoms with Gasteiger partial charge >= 0.3 is 11.9 Å². The van der Waals surface area contributed by atoms with Crippen molar-refractivity contribution in [1.29, 1.82) is 0 Å². The van der Waals surface area contributed by atoms with Gasteiger partial charge in [-0.05, 0) is 43.0 Å². The van der Waals surface area contributed by atoms with Gasteiger partial charge < -0.3 is 10.2 Å². The molecule has 1 aromatic carbocycles. The Kier molecular flexibility index (Phi) is 9.60. The molecule has 0 bridgehead atoms. The molecule has 0 unspecified atom stereocenters. The summed E-state index contributed by atoms with van der Waals surface area (Å²) in [4.78, 5) is 22.1. The van der Waals surface area contributed by atoms with Crippen LogP contribution in [0.15, 0.2) is 18.2 Å². The van der Waals surface area contributed by atoms with Crippen molar-refractivity contribution in [2.75, 3.05) is 5.33 Å². The van der Waals surface area contributed by atoms with Crippen LogP contribution in [0.3, 0.4) is 0 Å². The normalized spacial score (nSPS) is 10.7. The van der Waals surface area contributed by atoms with Gasteiger partial charge in [-0.2, -0.15) is 0 Å². The van der Waals surface area contributed by atoms with Crippen LogP contribution in [0.5, 0.6) is 0 Å². The Balaban J connectivity index is 2.34. The van der Waals surface area contributed by atoms with Gasteiger partial charge in [0.25, 0.3) is 0 Å². The Labute approximate surface area is 146 Å². The molecule has 23 heavy (non-hydrogen) atoms. The quantitative estimate of drug-likeness (QED) is 0.386. The summed E-state index contributed by atoms with van der Waals surface area (Å²) in [6.45, 7) is 0. The molecule has 0 saturated heterocycles. The van der Waals surface area contributed by atoms with E-state index < -0.39 is 11.9 Å². The van der Waals surface area contributed by atoms with E-state index in [1.54, 1.807) is 12.1 Å². The van der Waals surface area contributed by atoms with E-state index in [4.69, 9.17) is 10.2 Å². The lowest BCUT2D eigenvalue weighted by molar-refractivity contribution is 0.0696. The molecule has 0 aliphatic carbocycles. The predicted molar refractivity (Wildman–Crippen MR) is 94.8 cm³/mol. The van der Waals surface area contributed by atoms with E-state index in [0.29, 0.717) is 0 Å². The fourth-order valence-electron chi connectivity index (χ4n) is 2.57. The monoisotopic (exact) mass is 384 g/mol. The Morgan fingerprint density at radius 1 is 0.739 bits per heavy atom. The van der Waals surface area contributed by atoms with Gasteiger partial charge in [0.05, 0.1) is 11.1 Å². The molecular formula is C18H25BrO4. The van der Waals surface area contributed by atoms with Gasteiger partial charge in [0, 0.05) is 5.33 Å². The predicted octanol–water partition coefficient (Wildman–Crippen LogP) is 5.14. The number of hydrogen-bond acceptors (Lipinski definition) is 2. The van der Waals surface area contributed by atoms with Crippen LogP contribution in [0.1, 0.15) is 77.6 Å². The number of benzene rings is 1. The Bertz CT molecular complexity index is 481. The number of carbonyl (C=O) groups is 2. The minimum Gasteiger partial charge on any atom is -0.478 e. The van der Waals surface area contributed by atoms with Crippen LogP contribution in [0, 0.1) is 0 Å². The first-order valence-electron chi connectivity index (χ1n) is 8.21. The van der Waals surface area contributed by atoms with Crippen molar-refractivity contribution in [3.05, 3.63) is 34.9 Å². The SMILES string of the molecule is O=C(O)c1cc(CCCCCCCCCCBr)cc(C(=O)O)c1. The lowest BCUT2D eigenvalue weighted by Gasteiger charge is -2.06. The molecule has 0 aromatic heterocycles. The molecule has 2 N–H and O–H groups in total. The topological polar surface area (TPSA) is 74.6 Å². The van der Waals surface area contributed by atoms with Crippen molar-refractivity contribution in [3.63, 3.8) is 0 Å². The summed E-state index contributed by atoms with van der Waals surface area (Å²) in [6.07, 6.45) is 10.3. The fraction of sp³-hybridized carbons (Fsp3) is 0.556. The van der Waals surface area contributed by atoms with Crippen molar-refractivity contribution in [1.82, 2.24) is 0 Å². The number of unbranched alkanes of at least 4 members (excludes halogenated alkanes) is 7. The van der Waals surface area contributed by atoms with Crippen LogP contribution < -0.4 is 0 Å². The van der Waals surface area contributed by atoms with Crippen molar-refractivity contribution in [2.24, 2.45) is 0 Å². The number of alkyl halides is 1. The van der Waals surface area contributed by atoms with Crippen LogP contribution in [-0.4, -0.2) is 27.5 Å². The van der Waals surface area contributed by atoms with E-state index in [-0.39, 0.29) is 11.1 Å². The number of halogens is 1. The second-order valence-electron chi connectivity index (χ2n) is 5.80. The van der Waals surface area contributed by atoms with Crippen LogP contribution in [0.2, 0.25) is 0 Å². The van der Waals surface area contributed by atoms with Crippen LogP contribution in [0.25, 0.3) is 0 Å². The molecule has 0 aliphatic heterocycles. The zero-order valence-electron chi connectivity index (χ0n) is 13.4. The average Bonchev–Trinajstić information content (AvgIpc) is 2.53. The highest BCUT2D eigenvalue weighted by molar-refractivity contribution is 9.09. The minimum atomic E-state index is -1.09. The first-order valence-corrected chi connectivity index (χ1v) is 9.33. The van der Waals surface area contributed by atoms with Crippen molar-refractivity contribution in [2.45, 2.75) is 57.8 Å². The molecule has 128 valence electrons. The van der Waals surface area contributed by atoms with Crippen molar-refractivity contribution >= 4 is 27.9 Å². The molecule has 0 amide bonds. The molecule has 0 saturated carbocycles. The zero-order chi connectivity index (χ0) is 17.1. The van der Waals surface area contributed by atoms with Crippen LogP contribution in [0.4, 0.5) is 0 Å². The number of aromatic carboxylic acids is 2. The highest BCUT2D eigenvalue weighted by Gasteiger charge is 2.11. The largest absolute Gasteiger partial charge is 0.478 e. The standard InChI is InChI=1S/C18H25BrO4/c19-10-8-6-4-2-1-3-5-7-9-14-11-15(17(20)21)13-16(12-14)18(22)23/h11-13H,1-10H2,(H,20,21)(H,22,23). The molecular weight excluding hydrogens is 360 g/mol. The molecule has 1 aromatic rings. The maximum Gasteiger partial charge on any atom is 0.335 e. The van der Waals surface area contributed by atoms with E-state index in [2.05, 4.69) is 15.9 Å². The van der Waals surface area contributed by atoms with Crippen molar-refractivity contribution < 1.29 is 19.8 Å². The molecule has 5 heteroatoms. The van der Waals surface area contributed by atoms with Gasteiger partial charge in [0.1, 0.15) is 0 Å². The third-order valence-corrected chi connectivity index (χ3v) is 4.40. The average molecular weight is 385 g/mol. The highest BCUT2D eigenvalue weighted by Crippen LogP contribution is 2.15. The van der Waals surface area contributed by atoms with Crippen LogP contribution in [-0.2, 0) is 6.42 Å². The van der Waals surface area contributed by atoms with Gasteiger partial charge in [-0.25, -0.2) is 9.59 Å². The van der Waals surface area contributed by atoms with Gasteiger partial charge in [0.15, 0.2) is 0 Å². The summed E-state index contributed by atoms with van der Waals surface area (Å²) in [6, 6.07) is 4.37. The number of carboxylic acid groups (broad SMARTS) is 2. The maximum absolute atomic E-state index is 11.1. The smallest absolute Gasteiger partial charge is 0.335 e. The van der Waals surface area contributed by atoms with Gasteiger partial charge in [-0.3, -0.25) is 0 Å². The molecule has 0 spiro atoms. The molecule has 0 atom stereocenters. The second kappa shape index (κ2) is 11.2. The molecule has 0 radical (unpaired) electrons. The Hall–Kier alpha value is -1.36. The second-order valence-corrected chi connectivity index (χ2v) is 6.59. The van der Waals surface area contributed by atoms with Crippen LogP contribution >= 0.6 is 15.9 Å². The minimum absolute atomic E-state index is 0.0479. The maximum atomic E-state index is 11.1. The molecule has 1 rings (SSSR count). The fourth-order valence-corrected chi connectivity index (χ4v) is 2.96. The molecule has 0 fully saturated rings. The summed E-state index contributed by atoms with van der Waals surface area (Å²) in [5, 5.41) is 19.2. The van der Waals surface area contributed by atoms with E-state index >= 15 is 0 Å². The number of aryl methyl sites for hydroxylation is 1. The molecule has 0 aliphatic rings. The first-order chi connectivity index (χ1) is 11.0. The summed E-state index contributed by atoms with van der Waals surface area (Å²) in [5.74, 6) is -2.17. The number of carboxylic acids is 2. The van der Waals surface area contributed by atoms with Crippen molar-refractivity contribution in [3.8, 4) is 0 Å². The van der Waals surface area contributed by atoms with Gasteiger partial charge in [-0.15, -0.1) is 0 Å². The highest BCUT2D eigenvalue weighted by atomic mass is 79.9. The summed E-state index contributed by atoms with van der Waals surface area (Å²) >= 11 is 3.43. The number of hydrogen-bond donors (Lipinski definition) is 2. The lowest BCUT2D eigenvalue weighted by Crippen LogP contribution is -2.04. The van der Waals surface area contributed by atoms with Gasteiger partial charge in [-0.1, -0.05) is 54.5 Å². The summed E-state index contributed by atoms with van der Waals surface area (Å²) in [7, 11) is 0. The summed E-state index contributed by atoms with van der Waals surface area (Å²) in [5.41, 5.74) is 0.887. The Morgan fingerprint density at radius 3 is 1.61 bits per heavy atom. The van der Waals surface area contributed by atoms with E-state index in [0.717, 1.165) is 30.2 Å². The first kappa shape index (κ1) is 19.7. The third kappa shape index (κ3) is 8.16. The molecule has 4 nitrogen and oxygen atoms in total. The summed E-state index contributed by atoms with van der Waals surface area (Å²) < 4.78 is 0. The molecule has 0 heterocycles. The number of rotatable bonds is 12. The third-order valence-electron chi connectivity index (χ3n) is 3.84. The van der Waals surface area contributed by atoms with E-state index in [1.165, 1.54) is 44.6 Å². The van der Waals surface area contributed by atoms with E-state index in [1.807, 2.05) is 0 Å².